The van der Waals surface area contributed by atoms with Crippen molar-refractivity contribution in [2.75, 3.05) is 5.32 Å². The maximum Gasteiger partial charge on any atom is 0.310 e. The van der Waals surface area contributed by atoms with Crippen LogP contribution in [0.4, 0.5) is 10.8 Å². The van der Waals surface area contributed by atoms with E-state index in [0.717, 1.165) is 12.8 Å². The first-order valence-electron chi connectivity index (χ1n) is 8.80. The van der Waals surface area contributed by atoms with Crippen molar-refractivity contribution >= 4 is 34.0 Å². The van der Waals surface area contributed by atoms with Crippen LogP contribution >= 0.6 is 11.3 Å². The van der Waals surface area contributed by atoms with Gasteiger partial charge in [0.25, 0.3) is 11.6 Å². The lowest BCUT2D eigenvalue weighted by molar-refractivity contribution is -0.384. The van der Waals surface area contributed by atoms with E-state index in [2.05, 4.69) is 10.3 Å². The number of nitro benzene ring substituents is 1. The SMILES string of the molecule is CC(OC(=O)C1CC=CCC1)C(=O)Nc1nc(-c2cccc([N+](=O)[O-])c2)cs1. The van der Waals surface area contributed by atoms with E-state index >= 15 is 0 Å². The van der Waals surface area contributed by atoms with Gasteiger partial charge in [0.1, 0.15) is 0 Å². The number of rotatable bonds is 6. The molecule has 3 rings (SSSR count). The lowest BCUT2D eigenvalue weighted by Crippen LogP contribution is -2.32. The van der Waals surface area contributed by atoms with Crippen molar-refractivity contribution in [3.63, 3.8) is 0 Å². The highest BCUT2D eigenvalue weighted by Crippen LogP contribution is 2.27. The molecule has 1 aromatic heterocycles. The fraction of sp³-hybridized carbons (Fsp3) is 0.316. The standard InChI is InChI=1S/C19H19N3O5S/c1-12(27-18(24)13-6-3-2-4-7-13)17(23)21-19-20-16(11-28-19)14-8-5-9-15(10-14)22(25)26/h2-3,5,8-13H,4,6-7H2,1H3,(H,20,21,23). The quantitative estimate of drug-likeness (QED) is 0.340. The second kappa shape index (κ2) is 8.75. The van der Waals surface area contributed by atoms with E-state index in [1.54, 1.807) is 17.5 Å². The fourth-order valence-corrected chi connectivity index (χ4v) is 3.50. The number of carbonyl (C=O) groups is 2. The summed E-state index contributed by atoms with van der Waals surface area (Å²) in [6, 6.07) is 6.10. The monoisotopic (exact) mass is 401 g/mol. The van der Waals surface area contributed by atoms with Crippen LogP contribution < -0.4 is 5.32 Å². The summed E-state index contributed by atoms with van der Waals surface area (Å²) in [6.45, 7) is 1.51. The molecule has 0 saturated heterocycles. The number of ether oxygens (including phenoxy) is 1. The van der Waals surface area contributed by atoms with Crippen molar-refractivity contribution in [3.05, 3.63) is 51.9 Å². The highest BCUT2D eigenvalue weighted by Gasteiger charge is 2.25. The maximum absolute atomic E-state index is 12.3. The van der Waals surface area contributed by atoms with Gasteiger partial charge < -0.3 is 4.74 Å². The molecule has 2 unspecified atom stereocenters. The predicted octanol–water partition coefficient (Wildman–Crippen LogP) is 3.94. The number of nitrogens with zero attached hydrogens (tertiary/aromatic N) is 2. The molecule has 1 heterocycles. The minimum Gasteiger partial charge on any atom is -0.452 e. The van der Waals surface area contributed by atoms with Gasteiger partial charge in [0.05, 0.1) is 16.5 Å². The van der Waals surface area contributed by atoms with Crippen LogP contribution in [-0.2, 0) is 14.3 Å². The Labute approximate surface area is 165 Å². The maximum atomic E-state index is 12.3. The highest BCUT2D eigenvalue weighted by molar-refractivity contribution is 7.14. The lowest BCUT2D eigenvalue weighted by atomic mass is 9.95. The van der Waals surface area contributed by atoms with Gasteiger partial charge in [0, 0.05) is 23.1 Å². The number of aromatic nitrogens is 1. The molecule has 0 radical (unpaired) electrons. The van der Waals surface area contributed by atoms with Crippen molar-refractivity contribution in [3.8, 4) is 11.3 Å². The topological polar surface area (TPSA) is 111 Å². The zero-order valence-corrected chi connectivity index (χ0v) is 16.0. The lowest BCUT2D eigenvalue weighted by Gasteiger charge is -2.19. The average molecular weight is 401 g/mol. The molecule has 28 heavy (non-hydrogen) atoms. The summed E-state index contributed by atoms with van der Waals surface area (Å²) in [7, 11) is 0. The van der Waals surface area contributed by atoms with Gasteiger partial charge in [-0.05, 0) is 26.2 Å². The molecule has 1 aliphatic rings. The normalized spacial score (nSPS) is 17.0. The van der Waals surface area contributed by atoms with Crippen LogP contribution in [0.1, 0.15) is 26.2 Å². The van der Waals surface area contributed by atoms with E-state index < -0.39 is 16.9 Å². The summed E-state index contributed by atoms with van der Waals surface area (Å²) in [5.74, 6) is -1.05. The molecule has 1 aliphatic carbocycles. The molecule has 0 spiro atoms. The Morgan fingerprint density at radius 2 is 2.21 bits per heavy atom. The summed E-state index contributed by atoms with van der Waals surface area (Å²) < 4.78 is 5.27. The van der Waals surface area contributed by atoms with Crippen molar-refractivity contribution in [2.45, 2.75) is 32.3 Å². The predicted molar refractivity (Wildman–Crippen MR) is 105 cm³/mol. The first-order valence-corrected chi connectivity index (χ1v) is 9.68. The Kier molecular flexibility index (Phi) is 6.15. The number of anilines is 1. The number of allylic oxidation sites excluding steroid dienone is 2. The van der Waals surface area contributed by atoms with Gasteiger partial charge in [-0.15, -0.1) is 11.3 Å². The van der Waals surface area contributed by atoms with Crippen molar-refractivity contribution < 1.29 is 19.2 Å². The number of nitro groups is 1. The number of amides is 1. The number of esters is 1. The number of hydrogen-bond acceptors (Lipinski definition) is 7. The largest absolute Gasteiger partial charge is 0.452 e. The number of carbonyl (C=O) groups excluding carboxylic acids is 2. The van der Waals surface area contributed by atoms with Crippen molar-refractivity contribution in [1.82, 2.24) is 4.98 Å². The van der Waals surface area contributed by atoms with Crippen LogP contribution in [0.15, 0.2) is 41.8 Å². The third-order valence-electron chi connectivity index (χ3n) is 4.35. The van der Waals surface area contributed by atoms with E-state index in [1.165, 1.54) is 30.4 Å². The molecule has 8 nitrogen and oxygen atoms in total. The third kappa shape index (κ3) is 4.80. The smallest absolute Gasteiger partial charge is 0.310 e. The van der Waals surface area contributed by atoms with Gasteiger partial charge in [-0.25, -0.2) is 4.98 Å². The molecular formula is C19H19N3O5S. The number of nitrogens with one attached hydrogen (secondary N) is 1. The fourth-order valence-electron chi connectivity index (χ4n) is 2.78. The molecule has 2 aromatic rings. The molecule has 1 aromatic carbocycles. The second-order valence-electron chi connectivity index (χ2n) is 6.40. The second-order valence-corrected chi connectivity index (χ2v) is 7.25. The minimum absolute atomic E-state index is 0.0332. The Morgan fingerprint density at radius 1 is 1.39 bits per heavy atom. The molecule has 1 N–H and O–H groups in total. The molecule has 0 bridgehead atoms. The van der Waals surface area contributed by atoms with Crippen LogP contribution in [0.2, 0.25) is 0 Å². The van der Waals surface area contributed by atoms with Crippen LogP contribution in [0.5, 0.6) is 0 Å². The molecule has 2 atom stereocenters. The molecule has 0 fully saturated rings. The number of non-ortho nitro benzene ring substituents is 1. The number of hydrogen-bond donors (Lipinski definition) is 1. The summed E-state index contributed by atoms with van der Waals surface area (Å²) >= 11 is 1.19. The van der Waals surface area contributed by atoms with Crippen LogP contribution in [-0.4, -0.2) is 27.9 Å². The average Bonchev–Trinajstić information content (AvgIpc) is 3.17. The van der Waals surface area contributed by atoms with E-state index in [1.807, 2.05) is 12.2 Å². The van der Waals surface area contributed by atoms with E-state index in [-0.39, 0.29) is 17.6 Å². The van der Waals surface area contributed by atoms with E-state index in [4.69, 9.17) is 4.74 Å². The zero-order chi connectivity index (χ0) is 20.1. The summed E-state index contributed by atoms with van der Waals surface area (Å²) in [5, 5.41) is 15.5. The van der Waals surface area contributed by atoms with Gasteiger partial charge in [-0.3, -0.25) is 25.0 Å². The number of benzene rings is 1. The first kappa shape index (κ1) is 19.7. The highest BCUT2D eigenvalue weighted by atomic mass is 32.1. The van der Waals surface area contributed by atoms with Crippen molar-refractivity contribution in [2.24, 2.45) is 5.92 Å². The molecule has 146 valence electrons. The van der Waals surface area contributed by atoms with Crippen LogP contribution in [0.25, 0.3) is 11.3 Å². The van der Waals surface area contributed by atoms with Gasteiger partial charge in [-0.1, -0.05) is 24.3 Å². The van der Waals surface area contributed by atoms with Gasteiger partial charge in [0.2, 0.25) is 0 Å². The van der Waals surface area contributed by atoms with Crippen LogP contribution in [0, 0.1) is 16.0 Å². The van der Waals surface area contributed by atoms with Crippen LogP contribution in [0.3, 0.4) is 0 Å². The zero-order valence-electron chi connectivity index (χ0n) is 15.2. The molecule has 9 heteroatoms. The van der Waals surface area contributed by atoms with Gasteiger partial charge >= 0.3 is 5.97 Å². The third-order valence-corrected chi connectivity index (χ3v) is 5.11. The Hall–Kier alpha value is -3.07. The molecular weight excluding hydrogens is 382 g/mol. The van der Waals surface area contributed by atoms with Gasteiger partial charge in [-0.2, -0.15) is 0 Å². The summed E-state index contributed by atoms with van der Waals surface area (Å²) in [6.07, 6.45) is 5.23. The van der Waals surface area contributed by atoms with Crippen molar-refractivity contribution in [1.29, 1.82) is 0 Å². The van der Waals surface area contributed by atoms with Gasteiger partial charge in [0.15, 0.2) is 11.2 Å². The first-order chi connectivity index (χ1) is 13.4. The van der Waals surface area contributed by atoms with E-state index in [9.17, 15) is 19.7 Å². The Morgan fingerprint density at radius 3 is 2.93 bits per heavy atom. The molecule has 0 saturated carbocycles. The Balaban J connectivity index is 1.60. The molecule has 0 aliphatic heterocycles. The minimum atomic E-state index is -0.941. The summed E-state index contributed by atoms with van der Waals surface area (Å²) in [4.78, 5) is 39.1. The molecule has 1 amide bonds. The van der Waals surface area contributed by atoms with E-state index in [0.29, 0.717) is 22.8 Å². The Bertz CT molecular complexity index is 924. The number of thiazole rings is 1. The summed E-state index contributed by atoms with van der Waals surface area (Å²) in [5.41, 5.74) is 1.06.